The van der Waals surface area contributed by atoms with Crippen molar-refractivity contribution in [3.8, 4) is 0 Å². The summed E-state index contributed by atoms with van der Waals surface area (Å²) >= 11 is 0. The average Bonchev–Trinajstić information content (AvgIpc) is 2.44. The summed E-state index contributed by atoms with van der Waals surface area (Å²) in [6.45, 7) is 12.1. The summed E-state index contributed by atoms with van der Waals surface area (Å²) in [6, 6.07) is 0.151. The van der Waals surface area contributed by atoms with Crippen molar-refractivity contribution in [2.75, 3.05) is 26.7 Å². The molecule has 1 rings (SSSR count). The summed E-state index contributed by atoms with van der Waals surface area (Å²) in [5.41, 5.74) is 0. The van der Waals surface area contributed by atoms with E-state index in [1.165, 1.54) is 39.5 Å². The van der Waals surface area contributed by atoms with Gasteiger partial charge in [-0.2, -0.15) is 0 Å². The van der Waals surface area contributed by atoms with Crippen LogP contribution in [0.1, 0.15) is 47.0 Å². The Morgan fingerprint density at radius 1 is 1.40 bits per heavy atom. The molecule has 0 bridgehead atoms. The number of carbonyl (C=O) groups is 1. The SMILES string of the molecule is CCCN1CCCC(C(C)NC(C(=O)OC)C(C)C)C1. The Balaban J connectivity index is 2.55. The van der Waals surface area contributed by atoms with Crippen LogP contribution in [0.25, 0.3) is 0 Å². The molecule has 3 unspecified atom stereocenters. The molecule has 3 atom stereocenters. The van der Waals surface area contributed by atoms with Crippen molar-refractivity contribution in [2.24, 2.45) is 11.8 Å². The van der Waals surface area contributed by atoms with E-state index in [4.69, 9.17) is 4.74 Å². The summed E-state index contributed by atoms with van der Waals surface area (Å²) in [4.78, 5) is 14.4. The lowest BCUT2D eigenvalue weighted by atomic mass is 9.90. The van der Waals surface area contributed by atoms with E-state index in [9.17, 15) is 4.79 Å². The van der Waals surface area contributed by atoms with E-state index in [0.29, 0.717) is 12.0 Å². The highest BCUT2D eigenvalue weighted by molar-refractivity contribution is 5.75. The third kappa shape index (κ3) is 5.06. The standard InChI is InChI=1S/C16H32N2O2/c1-6-9-18-10-7-8-14(11-18)13(4)17-15(12(2)3)16(19)20-5/h12-15,17H,6-11H2,1-5H3. The monoisotopic (exact) mass is 284 g/mol. The molecule has 0 aromatic carbocycles. The summed E-state index contributed by atoms with van der Waals surface area (Å²) in [6.07, 6.45) is 3.73. The minimum Gasteiger partial charge on any atom is -0.468 e. The summed E-state index contributed by atoms with van der Waals surface area (Å²) < 4.78 is 4.91. The molecule has 0 aromatic rings. The predicted molar refractivity (Wildman–Crippen MR) is 82.7 cm³/mol. The number of rotatable bonds is 7. The number of nitrogens with zero attached hydrogens (tertiary/aromatic N) is 1. The van der Waals surface area contributed by atoms with Crippen molar-refractivity contribution < 1.29 is 9.53 Å². The number of esters is 1. The van der Waals surface area contributed by atoms with Crippen LogP contribution in [-0.4, -0.2) is 49.7 Å². The minimum atomic E-state index is -0.198. The van der Waals surface area contributed by atoms with E-state index in [2.05, 4.69) is 37.9 Å². The summed E-state index contributed by atoms with van der Waals surface area (Å²) in [5, 5.41) is 3.50. The molecule has 1 fully saturated rings. The molecule has 1 aliphatic rings. The molecule has 1 heterocycles. The summed E-state index contributed by atoms with van der Waals surface area (Å²) in [5.74, 6) is 0.731. The molecule has 0 saturated carbocycles. The van der Waals surface area contributed by atoms with Gasteiger partial charge in [0, 0.05) is 12.6 Å². The predicted octanol–water partition coefficient (Wildman–Crippen LogP) is 2.28. The number of hydrogen-bond acceptors (Lipinski definition) is 4. The number of piperidine rings is 1. The molecule has 4 heteroatoms. The van der Waals surface area contributed by atoms with Gasteiger partial charge >= 0.3 is 5.97 Å². The molecule has 4 nitrogen and oxygen atoms in total. The van der Waals surface area contributed by atoms with E-state index in [1.54, 1.807) is 0 Å². The molecule has 1 saturated heterocycles. The third-order valence-corrected chi connectivity index (χ3v) is 4.35. The fraction of sp³-hybridized carbons (Fsp3) is 0.938. The van der Waals surface area contributed by atoms with Crippen molar-refractivity contribution in [3.05, 3.63) is 0 Å². The van der Waals surface area contributed by atoms with Crippen molar-refractivity contribution in [2.45, 2.75) is 59.0 Å². The minimum absolute atomic E-state index is 0.145. The van der Waals surface area contributed by atoms with Crippen LogP contribution in [0.15, 0.2) is 0 Å². The van der Waals surface area contributed by atoms with Gasteiger partial charge in [-0.3, -0.25) is 4.79 Å². The third-order valence-electron chi connectivity index (χ3n) is 4.35. The molecule has 0 radical (unpaired) electrons. The van der Waals surface area contributed by atoms with Crippen molar-refractivity contribution in [3.63, 3.8) is 0 Å². The van der Waals surface area contributed by atoms with Crippen LogP contribution in [-0.2, 0) is 9.53 Å². The molecule has 118 valence electrons. The van der Waals surface area contributed by atoms with Gasteiger partial charge in [0.2, 0.25) is 0 Å². The fourth-order valence-electron chi connectivity index (χ4n) is 3.10. The topological polar surface area (TPSA) is 41.6 Å². The maximum absolute atomic E-state index is 11.8. The molecule has 0 aromatic heterocycles. The number of likely N-dealkylation sites (tertiary alicyclic amines) is 1. The van der Waals surface area contributed by atoms with Crippen molar-refractivity contribution in [1.29, 1.82) is 0 Å². The van der Waals surface area contributed by atoms with Crippen molar-refractivity contribution in [1.82, 2.24) is 10.2 Å². The maximum Gasteiger partial charge on any atom is 0.323 e. The Morgan fingerprint density at radius 3 is 2.65 bits per heavy atom. The maximum atomic E-state index is 11.8. The van der Waals surface area contributed by atoms with Gasteiger partial charge in [-0.05, 0) is 51.1 Å². The average molecular weight is 284 g/mol. The number of hydrogen-bond donors (Lipinski definition) is 1. The first-order valence-corrected chi connectivity index (χ1v) is 8.05. The largest absolute Gasteiger partial charge is 0.468 e. The van der Waals surface area contributed by atoms with Crippen LogP contribution in [0.2, 0.25) is 0 Å². The van der Waals surface area contributed by atoms with E-state index < -0.39 is 0 Å². The lowest BCUT2D eigenvalue weighted by molar-refractivity contribution is -0.144. The van der Waals surface area contributed by atoms with E-state index in [1.807, 2.05) is 0 Å². The normalized spacial score (nSPS) is 23.6. The Bertz CT molecular complexity index is 292. The quantitative estimate of drug-likeness (QED) is 0.728. The van der Waals surface area contributed by atoms with Crippen molar-refractivity contribution >= 4 is 5.97 Å². The van der Waals surface area contributed by atoms with Gasteiger partial charge in [-0.15, -0.1) is 0 Å². The second-order valence-corrected chi connectivity index (χ2v) is 6.40. The van der Waals surface area contributed by atoms with E-state index >= 15 is 0 Å². The van der Waals surface area contributed by atoms with Gasteiger partial charge in [-0.1, -0.05) is 20.8 Å². The summed E-state index contributed by atoms with van der Waals surface area (Å²) in [7, 11) is 1.47. The zero-order chi connectivity index (χ0) is 15.1. The van der Waals surface area contributed by atoms with Crippen LogP contribution in [0, 0.1) is 11.8 Å². The first kappa shape index (κ1) is 17.4. The Hall–Kier alpha value is -0.610. The second-order valence-electron chi connectivity index (χ2n) is 6.40. The highest BCUT2D eigenvalue weighted by atomic mass is 16.5. The molecular weight excluding hydrogens is 252 g/mol. The highest BCUT2D eigenvalue weighted by Gasteiger charge is 2.29. The van der Waals surface area contributed by atoms with Gasteiger partial charge in [0.15, 0.2) is 0 Å². The van der Waals surface area contributed by atoms with Gasteiger partial charge in [0.1, 0.15) is 6.04 Å². The number of methoxy groups -OCH3 is 1. The second kappa shape index (κ2) is 8.63. The van der Waals surface area contributed by atoms with Gasteiger partial charge < -0.3 is 15.0 Å². The van der Waals surface area contributed by atoms with E-state index in [0.717, 1.165) is 6.54 Å². The highest BCUT2D eigenvalue weighted by Crippen LogP contribution is 2.21. The zero-order valence-corrected chi connectivity index (χ0v) is 13.8. The molecule has 1 aliphatic heterocycles. The first-order valence-electron chi connectivity index (χ1n) is 8.05. The van der Waals surface area contributed by atoms with Gasteiger partial charge in [-0.25, -0.2) is 0 Å². The van der Waals surface area contributed by atoms with Crippen LogP contribution >= 0.6 is 0 Å². The van der Waals surface area contributed by atoms with Crippen LogP contribution in [0.3, 0.4) is 0 Å². The zero-order valence-electron chi connectivity index (χ0n) is 13.8. The number of nitrogens with one attached hydrogen (secondary N) is 1. The van der Waals surface area contributed by atoms with Gasteiger partial charge in [0.25, 0.3) is 0 Å². The smallest absolute Gasteiger partial charge is 0.323 e. The molecule has 1 N–H and O–H groups in total. The van der Waals surface area contributed by atoms with Crippen LogP contribution in [0.5, 0.6) is 0 Å². The fourth-order valence-corrected chi connectivity index (χ4v) is 3.10. The Kier molecular flexibility index (Phi) is 7.52. The first-order chi connectivity index (χ1) is 9.49. The molecule has 20 heavy (non-hydrogen) atoms. The van der Waals surface area contributed by atoms with Gasteiger partial charge in [0.05, 0.1) is 7.11 Å². The molecule has 0 aliphatic carbocycles. The lowest BCUT2D eigenvalue weighted by Gasteiger charge is -2.37. The Labute approximate surface area is 124 Å². The molecule has 0 spiro atoms. The van der Waals surface area contributed by atoms with Crippen LogP contribution < -0.4 is 5.32 Å². The number of carbonyl (C=O) groups excluding carboxylic acids is 1. The molecular formula is C16H32N2O2. The van der Waals surface area contributed by atoms with E-state index in [-0.39, 0.29) is 17.9 Å². The Morgan fingerprint density at radius 2 is 2.10 bits per heavy atom. The molecule has 0 amide bonds. The number of ether oxygens (including phenoxy) is 1. The van der Waals surface area contributed by atoms with Crippen LogP contribution in [0.4, 0.5) is 0 Å². The lowest BCUT2D eigenvalue weighted by Crippen LogP contribution is -2.51.